The largest absolute Gasteiger partial charge is 0.483 e. The van der Waals surface area contributed by atoms with Crippen molar-refractivity contribution >= 4 is 53.2 Å². The van der Waals surface area contributed by atoms with Crippen LogP contribution in [0.1, 0.15) is 92.3 Å². The number of benzene rings is 5. The van der Waals surface area contributed by atoms with Gasteiger partial charge in [-0.15, -0.1) is 0 Å². The van der Waals surface area contributed by atoms with E-state index in [1.165, 1.54) is 28.0 Å². The summed E-state index contributed by atoms with van der Waals surface area (Å²) in [5, 5.41) is 26.0. The van der Waals surface area contributed by atoms with Gasteiger partial charge in [0.05, 0.1) is 35.8 Å². The quantitative estimate of drug-likeness (QED) is 0.0560. The highest BCUT2D eigenvalue weighted by atomic mass is 16.5. The number of rotatable bonds is 21. The van der Waals surface area contributed by atoms with E-state index in [0.29, 0.717) is 0 Å². The molecule has 19 nitrogen and oxygen atoms in total. The Bertz CT molecular complexity index is 3070. The van der Waals surface area contributed by atoms with Gasteiger partial charge in [0.2, 0.25) is 29.5 Å². The molecule has 81 heavy (non-hydrogen) atoms. The first-order chi connectivity index (χ1) is 39.3. The van der Waals surface area contributed by atoms with E-state index in [1.54, 1.807) is 0 Å². The predicted molar refractivity (Wildman–Crippen MR) is 294 cm³/mol. The van der Waals surface area contributed by atoms with Crippen molar-refractivity contribution in [3.63, 3.8) is 0 Å². The zero-order chi connectivity index (χ0) is 56.3. The van der Waals surface area contributed by atoms with E-state index in [9.17, 15) is 43.2 Å². The fourth-order valence-electron chi connectivity index (χ4n) is 11.8. The topological polar surface area (TPSA) is 262 Å². The normalized spacial score (nSPS) is 26.5. The highest BCUT2D eigenvalue weighted by molar-refractivity contribution is 6.02. The lowest BCUT2D eigenvalue weighted by Gasteiger charge is -2.21. The standard InChI is InChI=1S/C62H64N8O11/c71-54(64-29-56(73)74)28-63-55(72)34-81-53-23-39(61(79)69-30-45(57(75)65-49-24-41(49)35-13-5-1-6-14-35)46(31-69)58(76)66-50-25-42(50)36-15-7-2-8-16-36)21-22-40(53)62(80)70-32-47(59(77)67-51-26-43(51)37-17-9-3-10-18-37)48(33-70)60(78)68-52-27-44(52)38-19-11-4-12-20-38/h1-23,41-52H,24-34H2,(H,63,72)(H,64,71)(H,65,75)(H,66,76)(H,67,77)(H,68,78)(H,73,74)/t41-,42-,43-,44-,45-,46-,47-,48-,49+,50?,51+,52+/m1/s1. The molecule has 7 N–H and O–H groups in total. The number of carboxylic acids is 1. The van der Waals surface area contributed by atoms with Crippen LogP contribution in [0.3, 0.4) is 0 Å². The molecule has 2 saturated heterocycles. The van der Waals surface area contributed by atoms with E-state index in [-0.39, 0.29) is 115 Å². The third-order valence-electron chi connectivity index (χ3n) is 16.6. The molecule has 4 aliphatic carbocycles. The van der Waals surface area contributed by atoms with E-state index in [4.69, 9.17) is 9.84 Å². The van der Waals surface area contributed by atoms with Crippen molar-refractivity contribution in [2.75, 3.05) is 45.9 Å². The van der Waals surface area contributed by atoms with Crippen molar-refractivity contribution in [1.82, 2.24) is 41.7 Å². The molecule has 6 fully saturated rings. The van der Waals surface area contributed by atoms with Gasteiger partial charge in [-0.2, -0.15) is 0 Å². The maximum atomic E-state index is 14.9. The number of carbonyl (C=O) groups is 9. The van der Waals surface area contributed by atoms with Crippen LogP contribution in [0.4, 0.5) is 0 Å². The summed E-state index contributed by atoms with van der Waals surface area (Å²) in [7, 11) is 0. The lowest BCUT2D eigenvalue weighted by molar-refractivity contribution is -0.137. The minimum Gasteiger partial charge on any atom is -0.483 e. The van der Waals surface area contributed by atoms with Crippen LogP contribution >= 0.6 is 0 Å². The Balaban J connectivity index is 0.828. The summed E-state index contributed by atoms with van der Waals surface area (Å²) in [6.07, 6.45) is 2.91. The lowest BCUT2D eigenvalue weighted by Crippen LogP contribution is -2.43. The summed E-state index contributed by atoms with van der Waals surface area (Å²) >= 11 is 0. The maximum absolute atomic E-state index is 14.9. The Labute approximate surface area is 467 Å². The van der Waals surface area contributed by atoms with Crippen LogP contribution in [-0.2, 0) is 33.6 Å². The third kappa shape index (κ3) is 12.8. The predicted octanol–water partition coefficient (Wildman–Crippen LogP) is 3.45. The molecule has 19 heteroatoms. The third-order valence-corrected chi connectivity index (χ3v) is 16.6. The molecule has 0 radical (unpaired) electrons. The molecular weight excluding hydrogens is 1030 g/mol. The van der Waals surface area contributed by atoms with Crippen molar-refractivity contribution < 1.29 is 53.0 Å². The summed E-state index contributed by atoms with van der Waals surface area (Å²) in [6, 6.07) is 42.8. The Morgan fingerprint density at radius 1 is 0.432 bits per heavy atom. The fraction of sp³-hybridized carbons (Fsp3) is 0.371. The molecule has 11 rings (SSSR count). The highest BCUT2D eigenvalue weighted by Gasteiger charge is 2.51. The Hall–Kier alpha value is -8.87. The number of amides is 8. The molecular formula is C62H64N8O11. The van der Waals surface area contributed by atoms with Crippen LogP contribution in [0.25, 0.3) is 0 Å². The van der Waals surface area contributed by atoms with Gasteiger partial charge in [-0.1, -0.05) is 121 Å². The summed E-state index contributed by atoms with van der Waals surface area (Å²) in [6.45, 7) is -2.46. The molecule has 5 aromatic carbocycles. The minimum absolute atomic E-state index is 0.0126. The number of hydrogen-bond donors (Lipinski definition) is 7. The molecule has 0 spiro atoms. The number of aliphatic carboxylic acids is 1. The fourth-order valence-corrected chi connectivity index (χ4v) is 11.8. The SMILES string of the molecule is O=C(O)CNC(=O)CNC(=O)COc1cc(C(=O)N2C[C@@H](C(=O)NC3C[C@@H]3c3ccccc3)[C@H](C(=O)N[C@H]3C[C@@H]3c3ccccc3)C2)ccc1C(=O)N1C[C@@H](C(=O)N[C@H]2C[C@@H]2c2ccccc2)[C@H](C(=O)N[C@H]2C[C@@H]2c2ccccc2)C1. The molecule has 0 bridgehead atoms. The van der Waals surface area contributed by atoms with Gasteiger partial charge < -0.3 is 51.5 Å². The van der Waals surface area contributed by atoms with Crippen LogP contribution in [0.5, 0.6) is 5.75 Å². The van der Waals surface area contributed by atoms with Crippen molar-refractivity contribution in [1.29, 1.82) is 0 Å². The molecule has 4 saturated carbocycles. The van der Waals surface area contributed by atoms with Crippen LogP contribution in [-0.4, -0.2) is 138 Å². The number of nitrogens with zero attached hydrogens (tertiary/aromatic N) is 2. The minimum atomic E-state index is -1.28. The van der Waals surface area contributed by atoms with Crippen molar-refractivity contribution in [3.05, 3.63) is 173 Å². The summed E-state index contributed by atoms with van der Waals surface area (Å²) in [5.41, 5.74) is 4.28. The Morgan fingerprint density at radius 3 is 1.14 bits per heavy atom. The number of ether oxygens (including phenoxy) is 1. The maximum Gasteiger partial charge on any atom is 0.322 e. The van der Waals surface area contributed by atoms with E-state index >= 15 is 0 Å². The molecule has 12 atom stereocenters. The molecule has 6 aliphatic rings. The van der Waals surface area contributed by atoms with Crippen molar-refractivity contribution in [3.8, 4) is 5.75 Å². The first-order valence-corrected chi connectivity index (χ1v) is 27.8. The van der Waals surface area contributed by atoms with Gasteiger partial charge in [-0.05, 0) is 66.1 Å². The second-order valence-electron chi connectivity index (χ2n) is 22.3. The molecule has 5 aromatic rings. The number of carbonyl (C=O) groups excluding carboxylic acids is 8. The Kier molecular flexibility index (Phi) is 15.7. The van der Waals surface area contributed by atoms with Gasteiger partial charge in [0.1, 0.15) is 12.3 Å². The first-order valence-electron chi connectivity index (χ1n) is 27.8. The molecule has 1 unspecified atom stereocenters. The van der Waals surface area contributed by atoms with Crippen LogP contribution in [0.15, 0.2) is 140 Å². The molecule has 2 heterocycles. The van der Waals surface area contributed by atoms with Crippen LogP contribution < -0.4 is 36.6 Å². The molecule has 8 amide bonds. The number of carboxylic acid groups (broad SMARTS) is 1. The van der Waals surface area contributed by atoms with E-state index in [1.807, 2.05) is 121 Å². The van der Waals surface area contributed by atoms with Gasteiger partial charge in [0.25, 0.3) is 17.7 Å². The smallest absolute Gasteiger partial charge is 0.322 e. The van der Waals surface area contributed by atoms with Gasteiger partial charge in [-0.25, -0.2) is 0 Å². The Morgan fingerprint density at radius 2 is 0.778 bits per heavy atom. The molecule has 418 valence electrons. The highest BCUT2D eigenvalue weighted by Crippen LogP contribution is 2.45. The van der Waals surface area contributed by atoms with Crippen molar-refractivity contribution in [2.24, 2.45) is 23.7 Å². The first kappa shape index (κ1) is 54.1. The van der Waals surface area contributed by atoms with E-state index in [0.717, 1.165) is 47.9 Å². The molecule has 2 aliphatic heterocycles. The number of nitrogens with one attached hydrogen (secondary N) is 6. The van der Waals surface area contributed by atoms with Crippen LogP contribution in [0.2, 0.25) is 0 Å². The van der Waals surface area contributed by atoms with E-state index in [2.05, 4.69) is 31.9 Å². The lowest BCUT2D eigenvalue weighted by atomic mass is 9.94. The van der Waals surface area contributed by atoms with Crippen molar-refractivity contribution in [2.45, 2.75) is 73.5 Å². The van der Waals surface area contributed by atoms with Crippen LogP contribution in [0, 0.1) is 23.7 Å². The van der Waals surface area contributed by atoms with Gasteiger partial charge in [0, 0.05) is 79.6 Å². The van der Waals surface area contributed by atoms with Gasteiger partial charge in [0.15, 0.2) is 6.61 Å². The van der Waals surface area contributed by atoms with Gasteiger partial charge >= 0.3 is 5.97 Å². The zero-order valence-electron chi connectivity index (χ0n) is 44.4. The summed E-state index contributed by atoms with van der Waals surface area (Å²) in [4.78, 5) is 126. The summed E-state index contributed by atoms with van der Waals surface area (Å²) < 4.78 is 6.01. The number of likely N-dealkylation sites (tertiary alicyclic amines) is 2. The average molecular weight is 1100 g/mol. The second-order valence-corrected chi connectivity index (χ2v) is 22.3. The molecule has 0 aromatic heterocycles. The monoisotopic (exact) mass is 1100 g/mol. The second kappa shape index (κ2) is 23.5. The number of hydrogen-bond acceptors (Lipinski definition) is 10. The zero-order valence-corrected chi connectivity index (χ0v) is 44.4. The summed E-state index contributed by atoms with van der Waals surface area (Å²) in [5.74, 6) is -8.92. The average Bonchev–Trinajstić information content (AvgIpc) is 4.50. The van der Waals surface area contributed by atoms with Gasteiger partial charge in [-0.3, -0.25) is 43.2 Å². The van der Waals surface area contributed by atoms with E-state index < -0.39 is 73.0 Å².